The maximum atomic E-state index is 13.6. The average molecular weight is 619 g/mol. The van der Waals surface area contributed by atoms with Crippen LogP contribution in [0.2, 0.25) is 0 Å². The van der Waals surface area contributed by atoms with Crippen LogP contribution in [-0.2, 0) is 4.74 Å². The number of allylic oxidation sites excluding steroid dienone is 3. The summed E-state index contributed by atoms with van der Waals surface area (Å²) < 4.78 is 45.5. The average Bonchev–Trinajstić information content (AvgIpc) is 3.29. The largest absolute Gasteiger partial charge is 0.453 e. The number of thiazole rings is 1. The molecule has 2 amide bonds. The monoisotopic (exact) mass is 618 g/mol. The van der Waals surface area contributed by atoms with E-state index < -0.39 is 23.7 Å². The van der Waals surface area contributed by atoms with Crippen molar-refractivity contribution in [3.8, 4) is 0 Å². The number of carbonyl (C=O) groups is 2. The normalized spacial score (nSPS) is 13.5. The molecule has 0 saturated heterocycles. The van der Waals surface area contributed by atoms with Crippen molar-refractivity contribution in [1.29, 1.82) is 0 Å². The van der Waals surface area contributed by atoms with Crippen molar-refractivity contribution in [3.63, 3.8) is 0 Å². The zero-order valence-electron chi connectivity index (χ0n) is 24.2. The summed E-state index contributed by atoms with van der Waals surface area (Å²) >= 11 is 1.09. The van der Waals surface area contributed by atoms with Gasteiger partial charge in [0.15, 0.2) is 5.13 Å². The number of nitrogens with zero attached hydrogens (tertiary/aromatic N) is 4. The summed E-state index contributed by atoms with van der Waals surface area (Å²) in [5.74, 6) is 5.61. The van der Waals surface area contributed by atoms with Gasteiger partial charge in [-0.3, -0.25) is 15.1 Å². The number of hydrazine groups is 1. The van der Waals surface area contributed by atoms with Crippen LogP contribution in [0.15, 0.2) is 71.5 Å². The molecular formula is C28H33F3N8O3S. The van der Waals surface area contributed by atoms with Crippen molar-refractivity contribution in [2.45, 2.75) is 13.1 Å². The fraction of sp³-hybridized carbons (Fsp3) is 0.286. The number of rotatable bonds is 10. The van der Waals surface area contributed by atoms with Gasteiger partial charge in [-0.15, -0.1) is 5.73 Å². The lowest BCUT2D eigenvalue weighted by atomic mass is 10.1. The molecule has 43 heavy (non-hydrogen) atoms. The predicted octanol–water partition coefficient (Wildman–Crippen LogP) is 3.92. The number of nitrogens with two attached hydrogens (primary N) is 2. The van der Waals surface area contributed by atoms with Gasteiger partial charge in [0.2, 0.25) is 0 Å². The third-order valence-electron chi connectivity index (χ3n) is 6.08. The van der Waals surface area contributed by atoms with E-state index in [1.54, 1.807) is 24.9 Å². The minimum atomic E-state index is -4.67. The summed E-state index contributed by atoms with van der Waals surface area (Å²) in [6, 6.07) is 4.68. The van der Waals surface area contributed by atoms with Crippen LogP contribution in [-0.4, -0.2) is 74.3 Å². The van der Waals surface area contributed by atoms with Gasteiger partial charge >= 0.3 is 12.3 Å². The zero-order chi connectivity index (χ0) is 31.9. The first-order chi connectivity index (χ1) is 20.2. The topological polar surface area (TPSA) is 142 Å². The summed E-state index contributed by atoms with van der Waals surface area (Å²) in [5.41, 5.74) is 9.34. The lowest BCUT2D eigenvalue weighted by molar-refractivity contribution is -0.0880. The number of aryl methyl sites for hydroxylation is 1. The molecule has 6 N–H and O–H groups in total. The SMILES string of the molecule is COC(=O)Nc1ncc(/C(N)=C/N(N)c2cc(C(=O)NC3=CC(C(F)(F)F)=C=CC(N(C)CCN(C)C)=C3)ccc2C)s1. The molecule has 1 aliphatic carbocycles. The van der Waals surface area contributed by atoms with E-state index in [0.29, 0.717) is 34.9 Å². The Morgan fingerprint density at radius 1 is 1.16 bits per heavy atom. The molecule has 0 radical (unpaired) electrons. The molecule has 0 aliphatic heterocycles. The first-order valence-corrected chi connectivity index (χ1v) is 13.6. The van der Waals surface area contributed by atoms with Gasteiger partial charge in [0.1, 0.15) is 0 Å². The number of carbonyl (C=O) groups excluding carboxylic acids is 2. The van der Waals surface area contributed by atoms with Crippen LogP contribution < -0.4 is 27.2 Å². The molecule has 0 atom stereocenters. The fourth-order valence-corrected chi connectivity index (χ4v) is 4.37. The molecule has 0 fully saturated rings. The molecule has 1 heterocycles. The highest BCUT2D eigenvalue weighted by atomic mass is 32.1. The summed E-state index contributed by atoms with van der Waals surface area (Å²) in [4.78, 5) is 32.9. The Labute approximate surface area is 251 Å². The molecule has 15 heteroatoms. The van der Waals surface area contributed by atoms with Crippen molar-refractivity contribution >= 4 is 39.9 Å². The van der Waals surface area contributed by atoms with Gasteiger partial charge in [0, 0.05) is 55.6 Å². The van der Waals surface area contributed by atoms with Crippen LogP contribution in [0.5, 0.6) is 0 Å². The number of ether oxygens (including phenoxy) is 1. The molecule has 0 unspecified atom stereocenters. The van der Waals surface area contributed by atoms with Crippen molar-refractivity contribution in [2.75, 3.05) is 51.7 Å². The van der Waals surface area contributed by atoms with Crippen LogP contribution in [0.3, 0.4) is 0 Å². The molecule has 11 nitrogen and oxygen atoms in total. The second-order valence-corrected chi connectivity index (χ2v) is 10.7. The minimum absolute atomic E-state index is 0.0530. The van der Waals surface area contributed by atoms with E-state index >= 15 is 0 Å². The third kappa shape index (κ3) is 9.21. The van der Waals surface area contributed by atoms with E-state index in [2.05, 4.69) is 26.1 Å². The van der Waals surface area contributed by atoms with E-state index in [9.17, 15) is 22.8 Å². The molecule has 3 rings (SSSR count). The van der Waals surface area contributed by atoms with Gasteiger partial charge in [-0.05, 0) is 50.9 Å². The predicted molar refractivity (Wildman–Crippen MR) is 161 cm³/mol. The lowest BCUT2D eigenvalue weighted by Gasteiger charge is -2.22. The molecule has 1 aromatic heterocycles. The summed E-state index contributed by atoms with van der Waals surface area (Å²) in [7, 11) is 6.75. The van der Waals surface area contributed by atoms with E-state index in [-0.39, 0.29) is 22.1 Å². The highest BCUT2D eigenvalue weighted by molar-refractivity contribution is 7.16. The zero-order valence-corrected chi connectivity index (χ0v) is 25.1. The number of amides is 2. The minimum Gasteiger partial charge on any atom is -0.453 e. The first kappa shape index (κ1) is 32.9. The van der Waals surface area contributed by atoms with Crippen molar-refractivity contribution < 1.29 is 27.5 Å². The Morgan fingerprint density at radius 2 is 1.88 bits per heavy atom. The second kappa shape index (κ2) is 14.1. The Morgan fingerprint density at radius 3 is 2.53 bits per heavy atom. The van der Waals surface area contributed by atoms with Crippen LogP contribution in [0.1, 0.15) is 20.8 Å². The quantitative estimate of drug-likeness (QED) is 0.177. The molecule has 1 aliphatic rings. The number of benzene rings is 1. The van der Waals surface area contributed by atoms with Crippen LogP contribution >= 0.6 is 11.3 Å². The van der Waals surface area contributed by atoms with Gasteiger partial charge in [-0.1, -0.05) is 17.4 Å². The molecule has 0 spiro atoms. The van der Waals surface area contributed by atoms with Crippen molar-refractivity contribution in [1.82, 2.24) is 20.1 Å². The Bertz CT molecular complexity index is 1520. The standard InChI is InChI=1S/C28H33F3N8O3S/c1-17-6-7-18(12-23(17)39(33)16-22(32)24-15-34-26(43-24)36-27(41)42-5)25(40)35-20-13-19(28(29,30)31)8-9-21(14-20)38(4)11-10-37(2)3/h6-7,9,12-16H,10-11,32-33H2,1-5H3,(H,35,40)(H,34,36,41)/b22-16-. The number of alkyl halides is 3. The van der Waals surface area contributed by atoms with Crippen LogP contribution in [0.25, 0.3) is 5.70 Å². The van der Waals surface area contributed by atoms with Gasteiger partial charge in [-0.2, -0.15) is 13.2 Å². The number of anilines is 2. The molecule has 0 bridgehead atoms. The highest BCUT2D eigenvalue weighted by Gasteiger charge is 2.33. The number of aromatic nitrogens is 1. The van der Waals surface area contributed by atoms with E-state index in [4.69, 9.17) is 11.6 Å². The summed E-state index contributed by atoms with van der Waals surface area (Å²) in [5, 5.41) is 6.50. The van der Waals surface area contributed by atoms with Crippen LogP contribution in [0, 0.1) is 6.92 Å². The Kier molecular flexibility index (Phi) is 10.8. The third-order valence-corrected chi connectivity index (χ3v) is 7.04. The first-order valence-electron chi connectivity index (χ1n) is 12.8. The van der Waals surface area contributed by atoms with Gasteiger partial charge in [0.05, 0.1) is 28.9 Å². The van der Waals surface area contributed by atoms with Crippen LogP contribution in [0.4, 0.5) is 28.8 Å². The number of methoxy groups -OCH3 is 1. The number of halogens is 3. The number of nitrogens with one attached hydrogen (secondary N) is 2. The van der Waals surface area contributed by atoms with Crippen molar-refractivity contribution in [3.05, 3.63) is 87.5 Å². The maximum absolute atomic E-state index is 13.6. The summed E-state index contributed by atoms with van der Waals surface area (Å²) in [6.07, 6.45) is 1.06. The number of hydrogen-bond donors (Lipinski definition) is 4. The summed E-state index contributed by atoms with van der Waals surface area (Å²) in [6.45, 7) is 2.97. The molecular weight excluding hydrogens is 585 g/mol. The molecule has 1 aromatic carbocycles. The smallest absolute Gasteiger partial charge is 0.423 e. The van der Waals surface area contributed by atoms with Gasteiger partial charge in [0.25, 0.3) is 5.91 Å². The van der Waals surface area contributed by atoms with E-state index in [1.165, 1.54) is 48.8 Å². The van der Waals surface area contributed by atoms with Gasteiger partial charge in [-0.25, -0.2) is 15.6 Å². The lowest BCUT2D eigenvalue weighted by Crippen LogP contribution is -2.29. The Hall–Kier alpha value is -4.56. The van der Waals surface area contributed by atoms with Crippen molar-refractivity contribution in [2.24, 2.45) is 11.6 Å². The van der Waals surface area contributed by atoms with E-state index in [0.717, 1.165) is 17.4 Å². The highest BCUT2D eigenvalue weighted by Crippen LogP contribution is 2.29. The molecule has 0 saturated carbocycles. The molecule has 230 valence electrons. The maximum Gasteiger partial charge on any atom is 0.423 e. The van der Waals surface area contributed by atoms with E-state index in [1.807, 2.05) is 19.0 Å². The van der Waals surface area contributed by atoms with Gasteiger partial charge < -0.3 is 25.6 Å². The Balaban J connectivity index is 1.85. The number of likely N-dealkylation sites (N-methyl/N-ethyl adjacent to an activating group) is 2. The number of hydrogen-bond acceptors (Lipinski definition) is 10. The second-order valence-electron chi connectivity index (χ2n) is 9.69. The fourth-order valence-electron chi connectivity index (χ4n) is 3.65. The molecule has 2 aromatic rings.